The Morgan fingerprint density at radius 3 is 2.37 bits per heavy atom. The van der Waals surface area contributed by atoms with Gasteiger partial charge in [-0.2, -0.15) is 0 Å². The highest BCUT2D eigenvalue weighted by Crippen LogP contribution is 2.26. The summed E-state index contributed by atoms with van der Waals surface area (Å²) in [5.74, 6) is 0.320. The molecule has 0 radical (unpaired) electrons. The van der Waals surface area contributed by atoms with Crippen molar-refractivity contribution in [1.29, 1.82) is 0 Å². The molecule has 0 heterocycles. The molecule has 100 valence electrons. The van der Waals surface area contributed by atoms with Gasteiger partial charge in [-0.3, -0.25) is 0 Å². The largest absolute Gasteiger partial charge is 0.506 e. The second kappa shape index (κ2) is 5.95. The molecule has 0 bridgehead atoms. The van der Waals surface area contributed by atoms with E-state index < -0.39 is 0 Å². The van der Waals surface area contributed by atoms with Crippen molar-refractivity contribution in [2.75, 3.05) is 12.3 Å². The van der Waals surface area contributed by atoms with E-state index in [4.69, 9.17) is 23.1 Å². The molecule has 5 N–H and O–H groups in total. The Bertz CT molecular complexity index is 555. The number of nitrogen functional groups attached to an aromatic ring is 1. The van der Waals surface area contributed by atoms with Crippen LogP contribution in [0.5, 0.6) is 5.75 Å². The van der Waals surface area contributed by atoms with Gasteiger partial charge in [0.1, 0.15) is 5.75 Å². The maximum Gasteiger partial charge on any atom is 0.138 e. The van der Waals surface area contributed by atoms with Crippen molar-refractivity contribution in [1.82, 2.24) is 0 Å². The Kier molecular flexibility index (Phi) is 4.30. The van der Waals surface area contributed by atoms with E-state index in [1.165, 1.54) is 0 Å². The third-order valence-electron chi connectivity index (χ3n) is 3.20. The minimum Gasteiger partial charge on any atom is -0.506 e. The van der Waals surface area contributed by atoms with Gasteiger partial charge in [-0.1, -0.05) is 29.8 Å². The molecular formula is C15H17ClN2O. The van der Waals surface area contributed by atoms with E-state index in [0.29, 0.717) is 17.3 Å². The summed E-state index contributed by atoms with van der Waals surface area (Å²) < 4.78 is 0. The topological polar surface area (TPSA) is 72.3 Å². The Hall–Kier alpha value is -1.71. The molecule has 0 saturated carbocycles. The molecule has 0 fully saturated rings. The van der Waals surface area contributed by atoms with E-state index >= 15 is 0 Å². The van der Waals surface area contributed by atoms with Crippen LogP contribution in [0.3, 0.4) is 0 Å². The molecule has 0 aliphatic rings. The first-order valence-corrected chi connectivity index (χ1v) is 6.51. The predicted octanol–water partition coefficient (Wildman–Crippen LogP) is 2.91. The van der Waals surface area contributed by atoms with Gasteiger partial charge in [0.2, 0.25) is 0 Å². The summed E-state index contributed by atoms with van der Waals surface area (Å²) in [6, 6.07) is 13.0. The molecule has 2 aromatic carbocycles. The van der Waals surface area contributed by atoms with Gasteiger partial charge < -0.3 is 16.6 Å². The van der Waals surface area contributed by atoms with E-state index in [1.54, 1.807) is 12.1 Å². The van der Waals surface area contributed by atoms with Crippen LogP contribution in [0.15, 0.2) is 42.5 Å². The van der Waals surface area contributed by atoms with Crippen molar-refractivity contribution in [3.63, 3.8) is 0 Å². The second-order valence-electron chi connectivity index (χ2n) is 4.58. The summed E-state index contributed by atoms with van der Waals surface area (Å²) in [5, 5.41) is 10.1. The average molecular weight is 277 g/mol. The number of rotatable bonds is 4. The minimum atomic E-state index is 0.111. The van der Waals surface area contributed by atoms with E-state index in [9.17, 15) is 5.11 Å². The first-order valence-electron chi connectivity index (χ1n) is 6.13. The number of phenols is 1. The van der Waals surface area contributed by atoms with Gasteiger partial charge in [-0.05, 0) is 48.4 Å². The minimum absolute atomic E-state index is 0.111. The lowest BCUT2D eigenvalue weighted by Crippen LogP contribution is -2.15. The van der Waals surface area contributed by atoms with Crippen molar-refractivity contribution in [3.8, 4) is 5.75 Å². The zero-order chi connectivity index (χ0) is 13.8. The molecule has 0 saturated heterocycles. The van der Waals surface area contributed by atoms with Crippen LogP contribution in [0.2, 0.25) is 5.02 Å². The Labute approximate surface area is 117 Å². The zero-order valence-electron chi connectivity index (χ0n) is 10.5. The van der Waals surface area contributed by atoms with Crippen LogP contribution >= 0.6 is 11.6 Å². The lowest BCUT2D eigenvalue weighted by atomic mass is 9.92. The van der Waals surface area contributed by atoms with E-state index in [1.807, 2.05) is 30.3 Å². The third-order valence-corrected chi connectivity index (χ3v) is 3.45. The van der Waals surface area contributed by atoms with Crippen LogP contribution in [0, 0.1) is 0 Å². The van der Waals surface area contributed by atoms with Crippen molar-refractivity contribution in [2.45, 2.75) is 12.3 Å². The van der Waals surface area contributed by atoms with Crippen LogP contribution in [-0.4, -0.2) is 11.7 Å². The Morgan fingerprint density at radius 2 is 1.79 bits per heavy atom. The molecule has 2 aromatic rings. The molecule has 0 aromatic heterocycles. The van der Waals surface area contributed by atoms with Gasteiger partial charge in [-0.25, -0.2) is 0 Å². The van der Waals surface area contributed by atoms with Crippen molar-refractivity contribution in [2.24, 2.45) is 5.73 Å². The normalized spacial score (nSPS) is 12.3. The number of benzene rings is 2. The summed E-state index contributed by atoms with van der Waals surface area (Å²) >= 11 is 5.88. The first kappa shape index (κ1) is 13.7. The standard InChI is InChI=1S/C15H17ClN2O/c16-13-4-2-11(3-5-13)12(9-17)7-10-1-6-15(19)14(18)8-10/h1-6,8,12,19H,7,9,17-18H2. The molecule has 2 rings (SSSR count). The van der Waals surface area contributed by atoms with Crippen LogP contribution < -0.4 is 11.5 Å². The van der Waals surface area contributed by atoms with Gasteiger partial charge in [0.25, 0.3) is 0 Å². The lowest BCUT2D eigenvalue weighted by Gasteiger charge is -2.16. The maximum atomic E-state index is 9.42. The monoisotopic (exact) mass is 276 g/mol. The average Bonchev–Trinajstić information content (AvgIpc) is 2.41. The number of hydrogen-bond acceptors (Lipinski definition) is 3. The summed E-state index contributed by atoms with van der Waals surface area (Å²) in [5.41, 5.74) is 14.1. The molecule has 0 amide bonds. The fraction of sp³-hybridized carbons (Fsp3) is 0.200. The van der Waals surface area contributed by atoms with Gasteiger partial charge >= 0.3 is 0 Å². The van der Waals surface area contributed by atoms with Gasteiger partial charge in [0, 0.05) is 10.9 Å². The fourth-order valence-electron chi connectivity index (χ4n) is 2.09. The van der Waals surface area contributed by atoms with Crippen molar-refractivity contribution < 1.29 is 5.11 Å². The SMILES string of the molecule is NCC(Cc1ccc(O)c(N)c1)c1ccc(Cl)cc1. The van der Waals surface area contributed by atoms with E-state index in [2.05, 4.69) is 0 Å². The molecule has 19 heavy (non-hydrogen) atoms. The third kappa shape index (κ3) is 3.40. The lowest BCUT2D eigenvalue weighted by molar-refractivity contribution is 0.477. The van der Waals surface area contributed by atoms with Gasteiger partial charge in [0.15, 0.2) is 0 Å². The number of aromatic hydroxyl groups is 1. The van der Waals surface area contributed by atoms with Crippen molar-refractivity contribution in [3.05, 3.63) is 58.6 Å². The summed E-state index contributed by atoms with van der Waals surface area (Å²) in [6.07, 6.45) is 0.780. The Morgan fingerprint density at radius 1 is 1.11 bits per heavy atom. The highest BCUT2D eigenvalue weighted by molar-refractivity contribution is 6.30. The highest BCUT2D eigenvalue weighted by atomic mass is 35.5. The summed E-state index contributed by atoms with van der Waals surface area (Å²) in [7, 11) is 0. The second-order valence-corrected chi connectivity index (χ2v) is 5.02. The highest BCUT2D eigenvalue weighted by Gasteiger charge is 2.11. The smallest absolute Gasteiger partial charge is 0.138 e. The van der Waals surface area contributed by atoms with Gasteiger partial charge in [0.05, 0.1) is 5.69 Å². The van der Waals surface area contributed by atoms with E-state index in [0.717, 1.165) is 17.5 Å². The van der Waals surface area contributed by atoms with Crippen LogP contribution in [0.25, 0.3) is 0 Å². The molecule has 1 unspecified atom stereocenters. The molecule has 4 heteroatoms. The zero-order valence-corrected chi connectivity index (χ0v) is 11.3. The predicted molar refractivity (Wildman–Crippen MR) is 79.5 cm³/mol. The van der Waals surface area contributed by atoms with E-state index in [-0.39, 0.29) is 11.7 Å². The molecule has 0 spiro atoms. The van der Waals surface area contributed by atoms with Crippen molar-refractivity contribution >= 4 is 17.3 Å². The number of hydrogen-bond donors (Lipinski definition) is 3. The number of phenolic OH excluding ortho intramolecular Hbond substituents is 1. The summed E-state index contributed by atoms with van der Waals surface area (Å²) in [4.78, 5) is 0. The number of halogens is 1. The van der Waals surface area contributed by atoms with Crippen LogP contribution in [-0.2, 0) is 6.42 Å². The molecule has 0 aliphatic carbocycles. The summed E-state index contributed by atoms with van der Waals surface area (Å²) in [6.45, 7) is 0.544. The van der Waals surface area contributed by atoms with Gasteiger partial charge in [-0.15, -0.1) is 0 Å². The Balaban J connectivity index is 2.18. The molecule has 3 nitrogen and oxygen atoms in total. The number of anilines is 1. The quantitative estimate of drug-likeness (QED) is 0.594. The fourth-order valence-corrected chi connectivity index (χ4v) is 2.21. The molecular weight excluding hydrogens is 260 g/mol. The number of nitrogens with two attached hydrogens (primary N) is 2. The molecule has 1 atom stereocenters. The first-order chi connectivity index (χ1) is 9.10. The van der Waals surface area contributed by atoms with Crippen LogP contribution in [0.4, 0.5) is 5.69 Å². The maximum absolute atomic E-state index is 9.42. The van der Waals surface area contributed by atoms with Crippen LogP contribution in [0.1, 0.15) is 17.0 Å². The molecule has 0 aliphatic heterocycles.